The van der Waals surface area contributed by atoms with Crippen molar-refractivity contribution in [1.82, 2.24) is 9.80 Å². The Balaban J connectivity index is 1.19. The highest BCUT2D eigenvalue weighted by Crippen LogP contribution is 2.70. The second-order valence-corrected chi connectivity index (χ2v) is 14.1. The number of alkyl halides is 1. The molecule has 206 valence electrons. The number of rotatable bonds is 3. The Morgan fingerprint density at radius 1 is 1.05 bits per heavy atom. The number of likely N-dealkylation sites (tertiary alicyclic amines) is 1. The van der Waals surface area contributed by atoms with Gasteiger partial charge in [0.15, 0.2) is 0 Å². The largest absolute Gasteiger partial charge is 0.431 e. The number of aliphatic hydroxyl groups is 1. The van der Waals surface area contributed by atoms with Gasteiger partial charge in [0.1, 0.15) is 6.17 Å². The van der Waals surface area contributed by atoms with Crippen molar-refractivity contribution >= 4 is 0 Å². The lowest BCUT2D eigenvalue weighted by atomic mass is 9.43. The first-order valence-electron chi connectivity index (χ1n) is 14.9. The molecule has 1 aromatic rings. The van der Waals surface area contributed by atoms with Crippen molar-refractivity contribution < 1.29 is 13.9 Å². The van der Waals surface area contributed by atoms with Crippen LogP contribution in [0, 0.1) is 28.6 Å². The normalized spacial score (nSPS) is 48.4. The number of nitrogens with zero attached hydrogens (tertiary/aromatic N) is 2. The molecule has 1 aliphatic heterocycles. The molecule has 5 fully saturated rings. The molecule has 4 aliphatic carbocycles. The van der Waals surface area contributed by atoms with Crippen molar-refractivity contribution in [2.75, 3.05) is 27.2 Å². The van der Waals surface area contributed by atoms with Gasteiger partial charge in [-0.2, -0.15) is 0 Å². The Morgan fingerprint density at radius 2 is 1.86 bits per heavy atom. The van der Waals surface area contributed by atoms with Crippen LogP contribution in [0.15, 0.2) is 27.6 Å². The molecule has 0 radical (unpaired) electrons. The molecule has 37 heavy (non-hydrogen) atoms. The predicted molar refractivity (Wildman–Crippen MR) is 143 cm³/mol. The van der Waals surface area contributed by atoms with Crippen LogP contribution in [-0.4, -0.2) is 65.9 Å². The van der Waals surface area contributed by atoms with Crippen molar-refractivity contribution in [3.8, 4) is 0 Å². The Bertz CT molecular complexity index is 1040. The molecular formula is C31H47FN2O3. The third-order valence-corrected chi connectivity index (χ3v) is 12.8. The van der Waals surface area contributed by atoms with Gasteiger partial charge in [-0.15, -0.1) is 0 Å². The van der Waals surface area contributed by atoms with Gasteiger partial charge in [-0.25, -0.2) is 9.18 Å². The van der Waals surface area contributed by atoms with Crippen molar-refractivity contribution in [1.29, 1.82) is 0 Å². The standard InChI is InChI=1S/C31H47FN2O3/c1-29-13-9-22(34(4)27-12-16-33(3)18-26(27)32)17-21(29)6-7-25-24(29)10-14-30(2)23(11-15-31(25,30)36)20-5-8-28(35)37-19-20/h5,8,19,21-27,36H,6-7,9-18H2,1-4H3/t21-,22+,23-,24+,25-,26+,27?,29+,30-,31+/m1/s1. The maximum absolute atomic E-state index is 15.0. The average molecular weight is 515 g/mol. The van der Waals surface area contributed by atoms with E-state index in [1.165, 1.54) is 31.7 Å². The molecule has 10 atom stereocenters. The fraction of sp³-hybridized carbons (Fsp3) is 0.839. The summed E-state index contributed by atoms with van der Waals surface area (Å²) in [6.45, 7) is 6.38. The minimum Gasteiger partial charge on any atom is -0.431 e. The molecule has 1 aromatic heterocycles. The third kappa shape index (κ3) is 3.90. The van der Waals surface area contributed by atoms with E-state index in [2.05, 4.69) is 30.7 Å². The van der Waals surface area contributed by atoms with Crippen LogP contribution < -0.4 is 5.63 Å². The zero-order chi connectivity index (χ0) is 26.2. The van der Waals surface area contributed by atoms with E-state index in [1.807, 2.05) is 13.1 Å². The summed E-state index contributed by atoms with van der Waals surface area (Å²) in [5.74, 6) is 1.79. The average Bonchev–Trinajstić information content (AvgIpc) is 3.15. The van der Waals surface area contributed by atoms with Crippen molar-refractivity contribution in [2.45, 2.75) is 108 Å². The molecule has 5 aliphatic rings. The first-order chi connectivity index (χ1) is 17.6. The van der Waals surface area contributed by atoms with E-state index in [0.717, 1.165) is 50.6 Å². The van der Waals surface area contributed by atoms with Gasteiger partial charge < -0.3 is 14.4 Å². The summed E-state index contributed by atoms with van der Waals surface area (Å²) < 4.78 is 20.2. The SMILES string of the molecule is CN1CCC(N(C)[C@H]2CC[C@@]3(C)[C@H](CC[C@@H]4[C@@H]3CC[C@]3(C)[C@@H](c5ccc(=O)oc5)CC[C@]43O)C2)[C@@H](F)C1. The molecule has 1 N–H and O–H groups in total. The van der Waals surface area contributed by atoms with Crippen LogP contribution >= 0.6 is 0 Å². The minimum atomic E-state index is -0.758. The molecule has 4 saturated carbocycles. The van der Waals surface area contributed by atoms with E-state index in [4.69, 9.17) is 4.42 Å². The molecule has 0 amide bonds. The number of piperidine rings is 1. The summed E-state index contributed by atoms with van der Waals surface area (Å²) >= 11 is 0. The van der Waals surface area contributed by atoms with Gasteiger partial charge in [0.05, 0.1) is 11.9 Å². The van der Waals surface area contributed by atoms with E-state index in [1.54, 1.807) is 6.26 Å². The summed E-state index contributed by atoms with van der Waals surface area (Å²) in [5, 5.41) is 12.5. The second kappa shape index (κ2) is 9.16. The molecule has 0 aromatic carbocycles. The highest BCUT2D eigenvalue weighted by atomic mass is 19.1. The smallest absolute Gasteiger partial charge is 0.335 e. The number of hydrogen-bond acceptors (Lipinski definition) is 5. The van der Waals surface area contributed by atoms with Crippen LogP contribution in [0.5, 0.6) is 0 Å². The van der Waals surface area contributed by atoms with E-state index in [9.17, 15) is 14.3 Å². The molecule has 5 nitrogen and oxygen atoms in total. The van der Waals surface area contributed by atoms with Gasteiger partial charge >= 0.3 is 5.63 Å². The molecule has 6 heteroatoms. The topological polar surface area (TPSA) is 56.9 Å². The van der Waals surface area contributed by atoms with E-state index in [0.29, 0.717) is 30.3 Å². The van der Waals surface area contributed by atoms with E-state index < -0.39 is 11.8 Å². The van der Waals surface area contributed by atoms with Crippen molar-refractivity contribution in [3.63, 3.8) is 0 Å². The fourth-order valence-electron chi connectivity index (χ4n) is 10.4. The van der Waals surface area contributed by atoms with Crippen LogP contribution in [-0.2, 0) is 0 Å². The highest BCUT2D eigenvalue weighted by Gasteiger charge is 2.67. The van der Waals surface area contributed by atoms with Crippen LogP contribution in [0.2, 0.25) is 0 Å². The lowest BCUT2D eigenvalue weighted by Gasteiger charge is -2.64. The number of hydrogen-bond donors (Lipinski definition) is 1. The molecule has 1 unspecified atom stereocenters. The first kappa shape index (κ1) is 26.0. The van der Waals surface area contributed by atoms with Crippen LogP contribution in [0.25, 0.3) is 0 Å². The zero-order valence-corrected chi connectivity index (χ0v) is 23.3. The second-order valence-electron chi connectivity index (χ2n) is 14.1. The minimum absolute atomic E-state index is 0.0517. The summed E-state index contributed by atoms with van der Waals surface area (Å²) in [4.78, 5) is 16.1. The van der Waals surface area contributed by atoms with Crippen LogP contribution in [0.4, 0.5) is 4.39 Å². The van der Waals surface area contributed by atoms with E-state index in [-0.39, 0.29) is 28.4 Å². The summed E-state index contributed by atoms with van der Waals surface area (Å²) in [7, 11) is 4.21. The molecule has 6 rings (SSSR count). The van der Waals surface area contributed by atoms with Crippen LogP contribution in [0.1, 0.15) is 89.5 Å². The van der Waals surface area contributed by atoms with Gasteiger partial charge in [0.2, 0.25) is 0 Å². The van der Waals surface area contributed by atoms with Gasteiger partial charge in [0.25, 0.3) is 0 Å². The Kier molecular flexibility index (Phi) is 6.44. The third-order valence-electron chi connectivity index (χ3n) is 12.8. The maximum Gasteiger partial charge on any atom is 0.335 e. The number of halogens is 1. The summed E-state index contributed by atoms with van der Waals surface area (Å²) in [6, 6.07) is 3.97. The highest BCUT2D eigenvalue weighted by molar-refractivity contribution is 5.27. The van der Waals surface area contributed by atoms with Crippen molar-refractivity contribution in [2.24, 2.45) is 28.6 Å². The fourth-order valence-corrected chi connectivity index (χ4v) is 10.4. The summed E-state index contributed by atoms with van der Waals surface area (Å²) in [6.07, 6.45) is 11.6. The molecular weight excluding hydrogens is 467 g/mol. The molecule has 2 heterocycles. The lowest BCUT2D eigenvalue weighted by molar-refractivity contribution is -0.204. The zero-order valence-electron chi connectivity index (χ0n) is 23.3. The number of fused-ring (bicyclic) bond motifs is 5. The summed E-state index contributed by atoms with van der Waals surface area (Å²) in [5.41, 5.74) is 0.181. The Morgan fingerprint density at radius 3 is 2.59 bits per heavy atom. The Hall–Kier alpha value is -1.24. The van der Waals surface area contributed by atoms with Gasteiger partial charge in [-0.3, -0.25) is 4.90 Å². The first-order valence-corrected chi connectivity index (χ1v) is 14.9. The lowest BCUT2D eigenvalue weighted by Crippen LogP contribution is -2.63. The van der Waals surface area contributed by atoms with Gasteiger partial charge in [0, 0.05) is 30.1 Å². The van der Waals surface area contributed by atoms with Gasteiger partial charge in [-0.1, -0.05) is 13.8 Å². The molecule has 0 spiro atoms. The Labute approximate surface area is 221 Å². The van der Waals surface area contributed by atoms with Crippen molar-refractivity contribution in [3.05, 3.63) is 34.4 Å². The quantitative estimate of drug-likeness (QED) is 0.599. The molecule has 0 bridgehead atoms. The monoisotopic (exact) mass is 514 g/mol. The van der Waals surface area contributed by atoms with Crippen LogP contribution in [0.3, 0.4) is 0 Å². The van der Waals surface area contributed by atoms with E-state index >= 15 is 0 Å². The maximum atomic E-state index is 15.0. The molecule has 1 saturated heterocycles. The predicted octanol–water partition coefficient (Wildman–Crippen LogP) is 5.22. The van der Waals surface area contributed by atoms with Gasteiger partial charge in [-0.05, 0) is 126 Å².